The van der Waals surface area contributed by atoms with Crippen LogP contribution in [-0.4, -0.2) is 5.91 Å². The Kier molecular flexibility index (Phi) is 4.14. The van der Waals surface area contributed by atoms with Crippen molar-refractivity contribution < 1.29 is 4.79 Å². The number of benzene rings is 1. The van der Waals surface area contributed by atoms with Crippen molar-refractivity contribution in [3.63, 3.8) is 0 Å². The molecule has 0 saturated heterocycles. The zero-order valence-corrected chi connectivity index (χ0v) is 9.86. The molecular weight excluding hydrogens is 210 g/mol. The minimum absolute atomic E-state index is 0.0670. The maximum atomic E-state index is 11.6. The Hall–Kier alpha value is -1.83. The quantitative estimate of drug-likeness (QED) is 0.784. The highest BCUT2D eigenvalue weighted by molar-refractivity contribution is 5.99. The van der Waals surface area contributed by atoms with Crippen LogP contribution in [0.5, 0.6) is 0 Å². The van der Waals surface area contributed by atoms with Gasteiger partial charge < -0.3 is 5.32 Å². The van der Waals surface area contributed by atoms with E-state index in [0.29, 0.717) is 0 Å². The van der Waals surface area contributed by atoms with Crippen LogP contribution in [0, 0.1) is 0 Å². The second kappa shape index (κ2) is 6.04. The predicted octanol–water partition coefficient (Wildman–Crippen LogP) is 3.68. The molecule has 1 N–H and O–H groups in total. The fraction of sp³-hybridized carbons (Fsp3) is 0.267. The number of para-hydroxylation sites is 1. The zero-order valence-electron chi connectivity index (χ0n) is 9.86. The third kappa shape index (κ3) is 3.91. The monoisotopic (exact) mass is 227 g/mol. The second-order valence-corrected chi connectivity index (χ2v) is 4.21. The van der Waals surface area contributed by atoms with Gasteiger partial charge >= 0.3 is 0 Å². The van der Waals surface area contributed by atoms with Crippen molar-refractivity contribution in [3.05, 3.63) is 54.1 Å². The summed E-state index contributed by atoms with van der Waals surface area (Å²) < 4.78 is 0. The maximum Gasteiger partial charge on any atom is 0.248 e. The van der Waals surface area contributed by atoms with Gasteiger partial charge in [-0.15, -0.1) is 0 Å². The van der Waals surface area contributed by atoms with E-state index in [-0.39, 0.29) is 5.91 Å². The lowest BCUT2D eigenvalue weighted by Gasteiger charge is -2.08. The first-order valence-electron chi connectivity index (χ1n) is 6.08. The summed E-state index contributed by atoms with van der Waals surface area (Å²) in [6, 6.07) is 9.50. The molecule has 0 fully saturated rings. The Morgan fingerprint density at radius 3 is 2.71 bits per heavy atom. The number of nitrogens with one attached hydrogen (secondary N) is 1. The smallest absolute Gasteiger partial charge is 0.248 e. The molecule has 0 spiro atoms. The molecule has 88 valence electrons. The van der Waals surface area contributed by atoms with E-state index in [9.17, 15) is 4.79 Å². The SMILES string of the molecule is O=C(/C=C/C1=CCCCC1)Nc1ccccc1. The molecule has 0 saturated carbocycles. The van der Waals surface area contributed by atoms with E-state index in [1.807, 2.05) is 36.4 Å². The highest BCUT2D eigenvalue weighted by atomic mass is 16.1. The third-order valence-electron chi connectivity index (χ3n) is 2.82. The molecule has 0 bridgehead atoms. The first kappa shape index (κ1) is 11.6. The molecule has 2 rings (SSSR count). The van der Waals surface area contributed by atoms with Crippen LogP contribution in [0.3, 0.4) is 0 Å². The van der Waals surface area contributed by atoms with E-state index in [4.69, 9.17) is 0 Å². The molecule has 1 amide bonds. The Bertz CT molecular complexity index is 431. The summed E-state index contributed by atoms with van der Waals surface area (Å²) >= 11 is 0. The molecule has 0 radical (unpaired) electrons. The van der Waals surface area contributed by atoms with Crippen LogP contribution in [-0.2, 0) is 4.79 Å². The lowest BCUT2D eigenvalue weighted by Crippen LogP contribution is -2.07. The zero-order chi connectivity index (χ0) is 11.9. The van der Waals surface area contributed by atoms with Gasteiger partial charge in [-0.25, -0.2) is 0 Å². The molecule has 0 aliphatic heterocycles. The van der Waals surface area contributed by atoms with Crippen LogP contribution in [0.15, 0.2) is 54.1 Å². The van der Waals surface area contributed by atoms with E-state index in [1.165, 1.54) is 18.4 Å². The standard InChI is InChI=1S/C15H17NO/c17-15(16-14-9-5-2-6-10-14)12-11-13-7-3-1-4-8-13/h2,5-7,9-12H,1,3-4,8H2,(H,16,17)/b12-11+. The molecule has 2 nitrogen and oxygen atoms in total. The summed E-state index contributed by atoms with van der Waals surface area (Å²) in [5, 5.41) is 2.83. The number of carbonyl (C=O) groups excluding carboxylic acids is 1. The van der Waals surface area contributed by atoms with Gasteiger partial charge in [0, 0.05) is 11.8 Å². The van der Waals surface area contributed by atoms with Crippen molar-refractivity contribution >= 4 is 11.6 Å². The minimum Gasteiger partial charge on any atom is -0.323 e. The lowest BCUT2D eigenvalue weighted by molar-refractivity contribution is -0.111. The number of hydrogen-bond acceptors (Lipinski definition) is 1. The van der Waals surface area contributed by atoms with Gasteiger partial charge in [0.15, 0.2) is 0 Å². The van der Waals surface area contributed by atoms with E-state index < -0.39 is 0 Å². The molecule has 1 aliphatic carbocycles. The summed E-state index contributed by atoms with van der Waals surface area (Å²) in [5.74, 6) is -0.0670. The van der Waals surface area contributed by atoms with Gasteiger partial charge in [-0.3, -0.25) is 4.79 Å². The van der Waals surface area contributed by atoms with E-state index in [2.05, 4.69) is 11.4 Å². The summed E-state index contributed by atoms with van der Waals surface area (Å²) in [5.41, 5.74) is 2.11. The van der Waals surface area contributed by atoms with Crippen molar-refractivity contribution in [1.82, 2.24) is 0 Å². The molecule has 0 atom stereocenters. The molecular formula is C15H17NO. The Morgan fingerprint density at radius 2 is 2.00 bits per heavy atom. The second-order valence-electron chi connectivity index (χ2n) is 4.21. The van der Waals surface area contributed by atoms with E-state index >= 15 is 0 Å². The van der Waals surface area contributed by atoms with Crippen LogP contribution in [0.4, 0.5) is 5.69 Å². The normalized spacial score (nSPS) is 15.6. The Morgan fingerprint density at radius 1 is 1.18 bits per heavy atom. The minimum atomic E-state index is -0.0670. The molecule has 17 heavy (non-hydrogen) atoms. The first-order valence-corrected chi connectivity index (χ1v) is 6.08. The highest BCUT2D eigenvalue weighted by Gasteiger charge is 2.01. The van der Waals surface area contributed by atoms with Gasteiger partial charge in [0.25, 0.3) is 0 Å². The average molecular weight is 227 g/mol. The van der Waals surface area contributed by atoms with Crippen LogP contribution in [0.2, 0.25) is 0 Å². The van der Waals surface area contributed by atoms with Crippen molar-refractivity contribution in [1.29, 1.82) is 0 Å². The van der Waals surface area contributed by atoms with Crippen LogP contribution in [0.1, 0.15) is 25.7 Å². The first-order chi connectivity index (χ1) is 8.34. The Balaban J connectivity index is 1.89. The van der Waals surface area contributed by atoms with Gasteiger partial charge in [-0.05, 0) is 37.8 Å². The van der Waals surface area contributed by atoms with Crippen molar-refractivity contribution in [3.8, 4) is 0 Å². The summed E-state index contributed by atoms with van der Waals surface area (Å²) in [4.78, 5) is 11.6. The van der Waals surface area contributed by atoms with Crippen molar-refractivity contribution in [2.75, 3.05) is 5.32 Å². The molecule has 1 aromatic rings. The molecule has 0 aromatic heterocycles. The summed E-state index contributed by atoms with van der Waals surface area (Å²) in [7, 11) is 0. The largest absolute Gasteiger partial charge is 0.323 e. The van der Waals surface area contributed by atoms with Gasteiger partial charge in [-0.1, -0.05) is 35.9 Å². The van der Waals surface area contributed by atoms with Crippen LogP contribution in [0.25, 0.3) is 0 Å². The van der Waals surface area contributed by atoms with Gasteiger partial charge in [0.1, 0.15) is 0 Å². The van der Waals surface area contributed by atoms with Gasteiger partial charge in [0.05, 0.1) is 0 Å². The fourth-order valence-electron chi connectivity index (χ4n) is 1.90. The summed E-state index contributed by atoms with van der Waals surface area (Å²) in [6.07, 6.45) is 10.5. The fourth-order valence-corrected chi connectivity index (χ4v) is 1.90. The molecule has 2 heteroatoms. The molecule has 0 unspecified atom stereocenters. The number of amides is 1. The number of anilines is 1. The molecule has 1 aromatic carbocycles. The lowest BCUT2D eigenvalue weighted by atomic mass is 9.99. The van der Waals surface area contributed by atoms with Gasteiger partial charge in [-0.2, -0.15) is 0 Å². The van der Waals surface area contributed by atoms with Crippen molar-refractivity contribution in [2.45, 2.75) is 25.7 Å². The maximum absolute atomic E-state index is 11.6. The van der Waals surface area contributed by atoms with E-state index in [0.717, 1.165) is 18.5 Å². The molecule has 0 heterocycles. The predicted molar refractivity (Wildman–Crippen MR) is 70.8 cm³/mol. The Labute approximate surface area is 102 Å². The molecule has 1 aliphatic rings. The van der Waals surface area contributed by atoms with Crippen LogP contribution < -0.4 is 5.32 Å². The highest BCUT2D eigenvalue weighted by Crippen LogP contribution is 2.18. The number of carbonyl (C=O) groups is 1. The topological polar surface area (TPSA) is 29.1 Å². The van der Waals surface area contributed by atoms with E-state index in [1.54, 1.807) is 6.08 Å². The average Bonchev–Trinajstić information content (AvgIpc) is 2.39. The van der Waals surface area contributed by atoms with Crippen LogP contribution >= 0.6 is 0 Å². The number of rotatable bonds is 3. The number of hydrogen-bond donors (Lipinski definition) is 1. The number of allylic oxidation sites excluding steroid dienone is 3. The summed E-state index contributed by atoms with van der Waals surface area (Å²) in [6.45, 7) is 0. The van der Waals surface area contributed by atoms with Crippen molar-refractivity contribution in [2.24, 2.45) is 0 Å². The third-order valence-corrected chi connectivity index (χ3v) is 2.82. The van der Waals surface area contributed by atoms with Gasteiger partial charge in [0.2, 0.25) is 5.91 Å².